The van der Waals surface area contributed by atoms with E-state index in [0.717, 1.165) is 69.4 Å². The first-order chi connectivity index (χ1) is 23.1. The van der Waals surface area contributed by atoms with Crippen LogP contribution < -0.4 is 16.1 Å². The molecule has 258 valence electrons. The molecule has 0 spiro atoms. The number of allylic oxidation sites excluding steroid dienone is 1. The number of hydrogen-bond acceptors (Lipinski definition) is 5. The Hall–Kier alpha value is -3.16. The fraction of sp³-hybridized carbons (Fsp3) is 0.600. The molecule has 0 radical (unpaired) electrons. The summed E-state index contributed by atoms with van der Waals surface area (Å²) in [6, 6.07) is 18.7. The molecule has 2 aromatic rings. The Bertz CT molecular complexity index is 1200. The first kappa shape index (κ1) is 36.7. The van der Waals surface area contributed by atoms with Crippen LogP contribution in [0.3, 0.4) is 0 Å². The van der Waals surface area contributed by atoms with Gasteiger partial charge in [-0.05, 0) is 99.5 Å². The van der Waals surface area contributed by atoms with Crippen LogP contribution in [0.5, 0.6) is 0 Å². The summed E-state index contributed by atoms with van der Waals surface area (Å²) >= 11 is 0. The van der Waals surface area contributed by atoms with E-state index in [1.807, 2.05) is 12.1 Å². The Morgan fingerprint density at radius 2 is 1.53 bits per heavy atom. The molecule has 47 heavy (non-hydrogen) atoms. The number of hydrogen-bond donors (Lipinski definition) is 3. The van der Waals surface area contributed by atoms with Gasteiger partial charge in [0.25, 0.3) is 0 Å². The Kier molecular flexibility index (Phi) is 16.9. The van der Waals surface area contributed by atoms with Gasteiger partial charge >= 0.3 is 0 Å². The molecule has 1 atom stereocenters. The molecule has 2 aliphatic carbocycles. The lowest BCUT2D eigenvalue weighted by Crippen LogP contribution is -2.28. The van der Waals surface area contributed by atoms with Gasteiger partial charge in [-0.25, -0.2) is 5.48 Å². The number of amides is 2. The number of rotatable bonds is 20. The third kappa shape index (κ3) is 14.2. The minimum atomic E-state index is -0.0442. The molecule has 0 aromatic heterocycles. The Morgan fingerprint density at radius 3 is 2.26 bits per heavy atom. The van der Waals surface area contributed by atoms with Crippen molar-refractivity contribution in [2.24, 2.45) is 5.92 Å². The highest BCUT2D eigenvalue weighted by Gasteiger charge is 2.23. The average molecular weight is 646 g/mol. The average Bonchev–Trinajstić information content (AvgIpc) is 3.46. The molecule has 1 unspecified atom stereocenters. The molecule has 7 nitrogen and oxygen atoms in total. The molecule has 2 fully saturated rings. The summed E-state index contributed by atoms with van der Waals surface area (Å²) in [5, 5.41) is 6.84. The van der Waals surface area contributed by atoms with E-state index in [9.17, 15) is 9.59 Å². The van der Waals surface area contributed by atoms with E-state index >= 15 is 0 Å². The van der Waals surface area contributed by atoms with Crippen molar-refractivity contribution >= 4 is 17.5 Å². The van der Waals surface area contributed by atoms with Crippen LogP contribution in [0.15, 0.2) is 66.4 Å². The van der Waals surface area contributed by atoms with E-state index in [0.29, 0.717) is 31.5 Å². The van der Waals surface area contributed by atoms with Gasteiger partial charge in [-0.1, -0.05) is 87.9 Å². The molecule has 2 aliphatic rings. The number of carbonyl (C=O) groups excluding carboxylic acids is 2. The van der Waals surface area contributed by atoms with Crippen molar-refractivity contribution in [2.75, 3.05) is 18.5 Å². The summed E-state index contributed by atoms with van der Waals surface area (Å²) in [5.74, 6) is 1.60. The monoisotopic (exact) mass is 645 g/mol. The van der Waals surface area contributed by atoms with Gasteiger partial charge in [0.05, 0.1) is 18.8 Å². The predicted molar refractivity (Wildman–Crippen MR) is 191 cm³/mol. The van der Waals surface area contributed by atoms with Crippen molar-refractivity contribution in [1.29, 1.82) is 0 Å². The summed E-state index contributed by atoms with van der Waals surface area (Å²) in [7, 11) is 0. The lowest BCUT2D eigenvalue weighted by molar-refractivity contribution is -0.135. The topological polar surface area (TPSA) is 88.7 Å². The molecule has 3 N–H and O–H groups in total. The molecule has 0 bridgehead atoms. The highest BCUT2D eigenvalue weighted by atomic mass is 16.6. The second-order valence-corrected chi connectivity index (χ2v) is 13.4. The van der Waals surface area contributed by atoms with Gasteiger partial charge < -0.3 is 15.4 Å². The van der Waals surface area contributed by atoms with E-state index in [-0.39, 0.29) is 17.9 Å². The zero-order chi connectivity index (χ0) is 32.9. The molecule has 2 amide bonds. The number of ether oxygens (including phenoxy) is 1. The third-order valence-electron chi connectivity index (χ3n) is 9.44. The van der Waals surface area contributed by atoms with Crippen LogP contribution in [0.2, 0.25) is 0 Å². The molecular weight excluding hydrogens is 586 g/mol. The lowest BCUT2D eigenvalue weighted by Gasteiger charge is -2.26. The van der Waals surface area contributed by atoms with Crippen molar-refractivity contribution in [3.05, 3.63) is 77.6 Å². The van der Waals surface area contributed by atoms with Gasteiger partial charge in [0.15, 0.2) is 0 Å². The van der Waals surface area contributed by atoms with Crippen molar-refractivity contribution in [2.45, 2.75) is 135 Å². The summed E-state index contributed by atoms with van der Waals surface area (Å²) in [6.45, 7) is 3.58. The molecule has 0 heterocycles. The summed E-state index contributed by atoms with van der Waals surface area (Å²) < 4.78 is 6.56. The fourth-order valence-electron chi connectivity index (χ4n) is 6.80. The zero-order valence-corrected chi connectivity index (χ0v) is 28.8. The molecule has 4 rings (SSSR count). The van der Waals surface area contributed by atoms with Gasteiger partial charge in [-0.15, -0.1) is 0 Å². The third-order valence-corrected chi connectivity index (χ3v) is 9.44. The van der Waals surface area contributed by atoms with Crippen LogP contribution in [0.25, 0.3) is 0 Å². The molecular formula is C40H59N3O4. The Balaban J connectivity index is 1.12. The number of benzene rings is 2. The fourth-order valence-corrected chi connectivity index (χ4v) is 6.80. The van der Waals surface area contributed by atoms with E-state index in [1.165, 1.54) is 62.5 Å². The maximum absolute atomic E-state index is 12.6. The lowest BCUT2D eigenvalue weighted by atomic mass is 10.0. The van der Waals surface area contributed by atoms with E-state index in [2.05, 4.69) is 71.6 Å². The quantitative estimate of drug-likeness (QED) is 0.0579. The molecule has 7 heteroatoms. The highest BCUT2D eigenvalue weighted by molar-refractivity contribution is 5.90. The summed E-state index contributed by atoms with van der Waals surface area (Å²) in [6.07, 6.45) is 21.1. The van der Waals surface area contributed by atoms with Crippen LogP contribution in [-0.2, 0) is 25.6 Å². The molecule has 2 aromatic carbocycles. The van der Waals surface area contributed by atoms with Gasteiger partial charge in [0, 0.05) is 25.1 Å². The van der Waals surface area contributed by atoms with Crippen molar-refractivity contribution in [3.8, 4) is 0 Å². The zero-order valence-electron chi connectivity index (χ0n) is 28.8. The first-order valence-electron chi connectivity index (χ1n) is 18.5. The van der Waals surface area contributed by atoms with Gasteiger partial charge in [0.1, 0.15) is 5.76 Å². The molecule has 2 saturated carbocycles. The van der Waals surface area contributed by atoms with Gasteiger partial charge in [-0.2, -0.15) is 0 Å². The van der Waals surface area contributed by atoms with E-state index in [4.69, 9.17) is 9.57 Å². The second-order valence-electron chi connectivity index (χ2n) is 13.4. The smallest absolute Gasteiger partial charge is 0.243 e. The SMILES string of the molecule is CC/C=C(\OC1CCCC1)C(NCCc1cccc(NC(=O)CCCCCCC(=O)NOCC2CCCCCC2)c1)c1ccccc1. The van der Waals surface area contributed by atoms with Crippen LogP contribution in [0.1, 0.15) is 133 Å². The second kappa shape index (κ2) is 21.7. The molecule has 0 aliphatic heterocycles. The maximum atomic E-state index is 12.6. The van der Waals surface area contributed by atoms with Crippen molar-refractivity contribution < 1.29 is 19.2 Å². The number of anilines is 1. The number of hydroxylamine groups is 1. The standard InChI is InChI=1S/C40H59N3O4/c1-2-17-37(47-36-24-14-15-25-36)40(34-21-10-7-11-22-34)41-29-28-32-20-16-23-35(30-32)42-38(44)26-12-5-6-13-27-39(45)43-46-31-33-18-8-3-4-9-19-33/h7,10-11,16-17,20-23,30,33,36,40-41H,2-6,8-9,12-15,18-19,24-29,31H2,1H3,(H,42,44)(H,43,45)/b37-17-. The van der Waals surface area contributed by atoms with Gasteiger partial charge in [0.2, 0.25) is 11.8 Å². The van der Waals surface area contributed by atoms with Gasteiger partial charge in [-0.3, -0.25) is 14.4 Å². The van der Waals surface area contributed by atoms with E-state index < -0.39 is 0 Å². The van der Waals surface area contributed by atoms with E-state index in [1.54, 1.807) is 0 Å². The number of carbonyl (C=O) groups is 2. The predicted octanol–water partition coefficient (Wildman–Crippen LogP) is 9.11. The van der Waals surface area contributed by atoms with Crippen LogP contribution in [0, 0.1) is 5.92 Å². The number of unbranched alkanes of at least 4 members (excludes halogenated alkanes) is 3. The Labute approximate surface area is 283 Å². The van der Waals surface area contributed by atoms with Crippen LogP contribution in [0.4, 0.5) is 5.69 Å². The van der Waals surface area contributed by atoms with Crippen LogP contribution >= 0.6 is 0 Å². The maximum Gasteiger partial charge on any atom is 0.243 e. The minimum Gasteiger partial charge on any atom is -0.493 e. The summed E-state index contributed by atoms with van der Waals surface area (Å²) in [5.41, 5.74) is 5.85. The summed E-state index contributed by atoms with van der Waals surface area (Å²) in [4.78, 5) is 30.2. The highest BCUT2D eigenvalue weighted by Crippen LogP contribution is 2.30. The number of nitrogens with one attached hydrogen (secondary N) is 3. The first-order valence-corrected chi connectivity index (χ1v) is 18.5. The minimum absolute atomic E-state index is 0.0123. The van der Waals surface area contributed by atoms with Crippen LogP contribution in [-0.4, -0.2) is 31.1 Å². The van der Waals surface area contributed by atoms with Crippen molar-refractivity contribution in [1.82, 2.24) is 10.8 Å². The Morgan fingerprint density at radius 1 is 0.830 bits per heavy atom. The molecule has 0 saturated heterocycles. The van der Waals surface area contributed by atoms with Crippen molar-refractivity contribution in [3.63, 3.8) is 0 Å². The normalized spacial score (nSPS) is 16.8. The largest absolute Gasteiger partial charge is 0.493 e.